The number of nitrogens with one attached hydrogen (secondary N) is 1. The molecule has 0 aliphatic rings. The van der Waals surface area contributed by atoms with Crippen molar-refractivity contribution in [2.45, 2.75) is 31.3 Å². The Hall–Kier alpha value is -2.22. The summed E-state index contributed by atoms with van der Waals surface area (Å²) in [6.45, 7) is 3.84. The summed E-state index contributed by atoms with van der Waals surface area (Å²) in [5.74, 6) is 0.537. The van der Waals surface area contributed by atoms with E-state index in [2.05, 4.69) is 5.32 Å². The van der Waals surface area contributed by atoms with E-state index in [1.54, 1.807) is 17.8 Å². The molecule has 2 aromatic rings. The van der Waals surface area contributed by atoms with Crippen LogP contribution in [0.2, 0.25) is 0 Å². The Kier molecular flexibility index (Phi) is 8.82. The predicted molar refractivity (Wildman–Crippen MR) is 116 cm³/mol. The molecule has 158 valence electrons. The first-order chi connectivity index (χ1) is 13.9. The van der Waals surface area contributed by atoms with Crippen molar-refractivity contribution in [3.63, 3.8) is 0 Å². The standard InChI is InChI=1S/C22H29NO5S/c1-22(2,12-13-24)20(18-6-4-5-7-19(18)27-15-14-25)28-21(26)23-16-8-10-17(29-3)11-9-16/h4-11,20,24-25H,12-15H2,1-3H3,(H,23,26)/t20-/m0/s1. The molecule has 2 aromatic carbocycles. The highest BCUT2D eigenvalue weighted by molar-refractivity contribution is 7.98. The fraction of sp³-hybridized carbons (Fsp3) is 0.409. The minimum Gasteiger partial charge on any atom is -0.491 e. The smallest absolute Gasteiger partial charge is 0.412 e. The van der Waals surface area contributed by atoms with Gasteiger partial charge in [-0.15, -0.1) is 11.8 Å². The number of carbonyl (C=O) groups excluding carboxylic acids is 1. The highest BCUT2D eigenvalue weighted by Crippen LogP contribution is 2.43. The van der Waals surface area contributed by atoms with Gasteiger partial charge < -0.3 is 19.7 Å². The van der Waals surface area contributed by atoms with Gasteiger partial charge in [-0.05, 0) is 43.0 Å². The molecule has 0 bridgehead atoms. The number of aliphatic hydroxyl groups is 2. The molecule has 1 atom stereocenters. The lowest BCUT2D eigenvalue weighted by molar-refractivity contribution is 0.0133. The second kappa shape index (κ2) is 11.1. The number of benzene rings is 2. The molecule has 6 nitrogen and oxygen atoms in total. The molecule has 0 aliphatic carbocycles. The van der Waals surface area contributed by atoms with E-state index in [0.29, 0.717) is 23.4 Å². The lowest BCUT2D eigenvalue weighted by Crippen LogP contribution is -2.30. The van der Waals surface area contributed by atoms with Crippen molar-refractivity contribution in [1.29, 1.82) is 0 Å². The van der Waals surface area contributed by atoms with Crippen LogP contribution in [0.4, 0.5) is 10.5 Å². The summed E-state index contributed by atoms with van der Waals surface area (Å²) in [4.78, 5) is 13.7. The summed E-state index contributed by atoms with van der Waals surface area (Å²) in [7, 11) is 0. The van der Waals surface area contributed by atoms with E-state index in [-0.39, 0.29) is 19.8 Å². The first-order valence-corrected chi connectivity index (χ1v) is 10.7. The third-order valence-corrected chi connectivity index (χ3v) is 5.32. The summed E-state index contributed by atoms with van der Waals surface area (Å²) in [5.41, 5.74) is 0.775. The quantitative estimate of drug-likeness (QED) is 0.492. The van der Waals surface area contributed by atoms with Crippen molar-refractivity contribution in [2.75, 3.05) is 31.4 Å². The van der Waals surface area contributed by atoms with Crippen LogP contribution < -0.4 is 10.1 Å². The summed E-state index contributed by atoms with van der Waals surface area (Å²) in [6.07, 6.45) is 1.17. The van der Waals surface area contributed by atoms with Gasteiger partial charge in [-0.1, -0.05) is 32.0 Å². The molecule has 0 aliphatic heterocycles. The molecule has 0 radical (unpaired) electrons. The van der Waals surface area contributed by atoms with Crippen LogP contribution in [0.5, 0.6) is 5.75 Å². The number of ether oxygens (including phenoxy) is 2. The van der Waals surface area contributed by atoms with E-state index >= 15 is 0 Å². The molecule has 0 spiro atoms. The summed E-state index contributed by atoms with van der Waals surface area (Å²) >= 11 is 1.62. The minimum absolute atomic E-state index is 0.0374. The third kappa shape index (κ3) is 6.66. The van der Waals surface area contributed by atoms with Crippen LogP contribution in [0.3, 0.4) is 0 Å². The zero-order valence-corrected chi connectivity index (χ0v) is 17.9. The molecule has 0 heterocycles. The van der Waals surface area contributed by atoms with E-state index in [4.69, 9.17) is 14.6 Å². The van der Waals surface area contributed by atoms with Crippen molar-refractivity contribution in [2.24, 2.45) is 5.41 Å². The van der Waals surface area contributed by atoms with Crippen molar-refractivity contribution in [3.05, 3.63) is 54.1 Å². The van der Waals surface area contributed by atoms with Gasteiger partial charge in [0.05, 0.1) is 6.61 Å². The topological polar surface area (TPSA) is 88.0 Å². The molecule has 29 heavy (non-hydrogen) atoms. The molecule has 2 rings (SSSR count). The second-order valence-electron chi connectivity index (χ2n) is 7.21. The van der Waals surface area contributed by atoms with Crippen LogP contribution in [-0.2, 0) is 4.74 Å². The molecule has 0 unspecified atom stereocenters. The molecule has 0 saturated heterocycles. The Morgan fingerprint density at radius 3 is 2.41 bits per heavy atom. The number of amides is 1. The second-order valence-corrected chi connectivity index (χ2v) is 8.09. The van der Waals surface area contributed by atoms with Crippen LogP contribution >= 0.6 is 11.8 Å². The Morgan fingerprint density at radius 1 is 1.10 bits per heavy atom. The number of rotatable bonds is 10. The van der Waals surface area contributed by atoms with Gasteiger partial charge in [0.25, 0.3) is 0 Å². The van der Waals surface area contributed by atoms with Gasteiger partial charge in [0.15, 0.2) is 0 Å². The Morgan fingerprint density at radius 2 is 1.79 bits per heavy atom. The number of para-hydroxylation sites is 1. The molecule has 3 N–H and O–H groups in total. The Balaban J connectivity index is 2.25. The monoisotopic (exact) mass is 419 g/mol. The van der Waals surface area contributed by atoms with Gasteiger partial charge in [-0.25, -0.2) is 4.79 Å². The van der Waals surface area contributed by atoms with Gasteiger partial charge in [-0.3, -0.25) is 5.32 Å². The average Bonchev–Trinajstić information content (AvgIpc) is 2.71. The number of carbonyl (C=O) groups is 1. The van der Waals surface area contributed by atoms with E-state index in [0.717, 1.165) is 4.90 Å². The zero-order chi connectivity index (χ0) is 21.3. The predicted octanol–water partition coefficient (Wildman–Crippen LogP) is 4.48. The van der Waals surface area contributed by atoms with Gasteiger partial charge >= 0.3 is 6.09 Å². The van der Waals surface area contributed by atoms with Crippen LogP contribution in [0, 0.1) is 5.41 Å². The summed E-state index contributed by atoms with van der Waals surface area (Å²) < 4.78 is 11.5. The number of aliphatic hydroxyl groups excluding tert-OH is 2. The van der Waals surface area contributed by atoms with Crippen LogP contribution in [0.15, 0.2) is 53.4 Å². The van der Waals surface area contributed by atoms with Crippen molar-refractivity contribution in [1.82, 2.24) is 0 Å². The van der Waals surface area contributed by atoms with Crippen LogP contribution in [-0.4, -0.2) is 42.4 Å². The highest BCUT2D eigenvalue weighted by Gasteiger charge is 2.35. The molecular formula is C22H29NO5S. The van der Waals surface area contributed by atoms with E-state index in [9.17, 15) is 9.90 Å². The SMILES string of the molecule is CSc1ccc(NC(=O)O[C@@H](c2ccccc2OCCO)C(C)(C)CCO)cc1. The lowest BCUT2D eigenvalue weighted by Gasteiger charge is -2.34. The first-order valence-electron chi connectivity index (χ1n) is 9.46. The maximum absolute atomic E-state index is 12.6. The molecular weight excluding hydrogens is 390 g/mol. The van der Waals surface area contributed by atoms with Crippen molar-refractivity contribution >= 4 is 23.5 Å². The van der Waals surface area contributed by atoms with E-state index < -0.39 is 17.6 Å². The zero-order valence-electron chi connectivity index (χ0n) is 17.1. The number of hydrogen-bond acceptors (Lipinski definition) is 6. The van der Waals surface area contributed by atoms with E-state index in [1.165, 1.54) is 0 Å². The van der Waals surface area contributed by atoms with Crippen molar-refractivity contribution in [3.8, 4) is 5.75 Å². The Bertz CT molecular complexity index is 779. The summed E-state index contributed by atoms with van der Waals surface area (Å²) in [6, 6.07) is 14.7. The van der Waals surface area contributed by atoms with Gasteiger partial charge in [0.2, 0.25) is 0 Å². The molecule has 1 amide bonds. The minimum atomic E-state index is -0.657. The molecule has 0 saturated carbocycles. The van der Waals surface area contributed by atoms with Gasteiger partial charge in [0, 0.05) is 28.2 Å². The fourth-order valence-electron chi connectivity index (χ4n) is 2.98. The normalized spacial score (nSPS) is 12.3. The maximum Gasteiger partial charge on any atom is 0.412 e. The summed E-state index contributed by atoms with van der Waals surface area (Å²) in [5, 5.41) is 21.4. The number of hydrogen-bond donors (Lipinski definition) is 3. The molecule has 0 fully saturated rings. The Labute approximate surface area is 176 Å². The number of anilines is 1. The first kappa shape index (κ1) is 23.1. The third-order valence-electron chi connectivity index (χ3n) is 4.58. The fourth-order valence-corrected chi connectivity index (χ4v) is 3.38. The average molecular weight is 420 g/mol. The van der Waals surface area contributed by atoms with Crippen molar-refractivity contribution < 1.29 is 24.5 Å². The maximum atomic E-state index is 12.6. The largest absolute Gasteiger partial charge is 0.491 e. The molecule has 0 aromatic heterocycles. The molecule has 7 heteroatoms. The lowest BCUT2D eigenvalue weighted by atomic mass is 9.79. The van der Waals surface area contributed by atoms with Crippen LogP contribution in [0.25, 0.3) is 0 Å². The van der Waals surface area contributed by atoms with Crippen LogP contribution in [0.1, 0.15) is 31.9 Å². The van der Waals surface area contributed by atoms with E-state index in [1.807, 2.05) is 62.6 Å². The number of thioether (sulfide) groups is 1. The van der Waals surface area contributed by atoms with Gasteiger partial charge in [0.1, 0.15) is 18.5 Å². The van der Waals surface area contributed by atoms with Gasteiger partial charge in [-0.2, -0.15) is 0 Å². The highest BCUT2D eigenvalue weighted by atomic mass is 32.2.